The lowest BCUT2D eigenvalue weighted by Gasteiger charge is -2.43. The summed E-state index contributed by atoms with van der Waals surface area (Å²) in [5, 5.41) is 4.76. The molecule has 0 N–H and O–H groups in total. The van der Waals surface area contributed by atoms with Crippen molar-refractivity contribution in [1.82, 2.24) is 9.78 Å². The first kappa shape index (κ1) is 26.0. The molecule has 0 bridgehead atoms. The molecule has 2 heterocycles. The molecule has 1 aliphatic heterocycles. The van der Waals surface area contributed by atoms with Crippen LogP contribution in [0.15, 0.2) is 84.9 Å². The minimum absolute atomic E-state index is 0.0161. The lowest BCUT2D eigenvalue weighted by atomic mass is 9.87. The number of carbonyl (C=O) groups excluding carboxylic acids is 2. The first-order chi connectivity index (χ1) is 18.7. The molecule has 0 atom stereocenters. The SMILES string of the molecule is COC(=O)c1c(-c2ccc3c(c2)C(C)=CC(C)(C)N3Cc2ccccc2)nn(-c2ccccc2)c1C(=O)OC. The van der Waals surface area contributed by atoms with Crippen molar-refractivity contribution in [3.8, 4) is 16.9 Å². The highest BCUT2D eigenvalue weighted by molar-refractivity contribution is 6.07. The molecular formula is C32H31N3O4. The van der Waals surface area contributed by atoms with Gasteiger partial charge in [-0.05, 0) is 56.2 Å². The zero-order valence-corrected chi connectivity index (χ0v) is 22.8. The van der Waals surface area contributed by atoms with E-state index in [9.17, 15) is 9.59 Å². The van der Waals surface area contributed by atoms with Gasteiger partial charge >= 0.3 is 11.9 Å². The highest BCUT2D eigenvalue weighted by Gasteiger charge is 2.34. The zero-order chi connectivity index (χ0) is 27.7. The molecule has 1 aliphatic rings. The fourth-order valence-electron chi connectivity index (χ4n) is 5.24. The Balaban J connectivity index is 1.69. The van der Waals surface area contributed by atoms with E-state index in [-0.39, 0.29) is 16.8 Å². The minimum Gasteiger partial charge on any atom is -0.465 e. The van der Waals surface area contributed by atoms with Crippen molar-refractivity contribution < 1.29 is 19.1 Å². The number of benzene rings is 3. The summed E-state index contributed by atoms with van der Waals surface area (Å²) in [6.07, 6.45) is 2.26. The number of rotatable bonds is 6. The van der Waals surface area contributed by atoms with Crippen molar-refractivity contribution in [3.63, 3.8) is 0 Å². The number of nitrogens with zero attached hydrogens (tertiary/aromatic N) is 3. The molecule has 0 aliphatic carbocycles. The molecule has 0 saturated heterocycles. The van der Waals surface area contributed by atoms with Crippen LogP contribution in [0.25, 0.3) is 22.5 Å². The molecule has 0 unspecified atom stereocenters. The van der Waals surface area contributed by atoms with Gasteiger partial charge in [-0.25, -0.2) is 14.3 Å². The maximum atomic E-state index is 13.1. The van der Waals surface area contributed by atoms with Gasteiger partial charge < -0.3 is 14.4 Å². The molecule has 4 aromatic rings. The largest absolute Gasteiger partial charge is 0.465 e. The molecule has 0 saturated carbocycles. The van der Waals surface area contributed by atoms with Gasteiger partial charge in [-0.3, -0.25) is 0 Å². The molecule has 0 radical (unpaired) electrons. The molecule has 5 rings (SSSR count). The minimum atomic E-state index is -0.678. The highest BCUT2D eigenvalue weighted by Crippen LogP contribution is 2.42. The maximum absolute atomic E-state index is 13.1. The third kappa shape index (κ3) is 4.72. The maximum Gasteiger partial charge on any atom is 0.357 e. The van der Waals surface area contributed by atoms with E-state index in [4.69, 9.17) is 14.6 Å². The van der Waals surface area contributed by atoms with Crippen LogP contribution in [-0.4, -0.2) is 41.5 Å². The van der Waals surface area contributed by atoms with Gasteiger partial charge in [0.05, 0.1) is 25.4 Å². The molecule has 1 aromatic heterocycles. The number of hydrogen-bond acceptors (Lipinski definition) is 6. The number of fused-ring (bicyclic) bond motifs is 1. The van der Waals surface area contributed by atoms with Crippen molar-refractivity contribution in [2.45, 2.75) is 32.9 Å². The van der Waals surface area contributed by atoms with Crippen LogP contribution < -0.4 is 4.90 Å². The molecule has 7 heteroatoms. The van der Waals surface area contributed by atoms with Crippen molar-refractivity contribution >= 4 is 23.2 Å². The standard InChI is InChI=1S/C32H31N3O4/c1-21-19-32(2,3)34(20-22-12-8-6-9-13-22)26-17-16-23(18-25(21)26)28-27(30(36)38-4)29(31(37)39-5)35(33-28)24-14-10-7-11-15-24/h6-19H,20H2,1-5H3. The van der Waals surface area contributed by atoms with Crippen LogP contribution in [0.2, 0.25) is 0 Å². The van der Waals surface area contributed by atoms with E-state index in [1.165, 1.54) is 24.5 Å². The summed E-state index contributed by atoms with van der Waals surface area (Å²) < 4.78 is 11.6. The van der Waals surface area contributed by atoms with Gasteiger partial charge in [0.25, 0.3) is 0 Å². The van der Waals surface area contributed by atoms with Crippen LogP contribution in [0, 0.1) is 0 Å². The smallest absolute Gasteiger partial charge is 0.357 e. The second-order valence-electron chi connectivity index (χ2n) is 10.1. The Morgan fingerprint density at radius 3 is 2.15 bits per heavy atom. The van der Waals surface area contributed by atoms with Gasteiger partial charge in [-0.1, -0.05) is 60.7 Å². The normalized spacial score (nSPS) is 13.9. The van der Waals surface area contributed by atoms with E-state index in [1.807, 2.05) is 60.7 Å². The number of esters is 2. The number of carbonyl (C=O) groups is 2. The second-order valence-corrected chi connectivity index (χ2v) is 10.1. The van der Waals surface area contributed by atoms with Crippen molar-refractivity contribution in [2.24, 2.45) is 0 Å². The average Bonchev–Trinajstić information content (AvgIpc) is 3.36. The summed E-state index contributed by atoms with van der Waals surface area (Å²) in [4.78, 5) is 28.4. The number of allylic oxidation sites excluding steroid dienone is 1. The lowest BCUT2D eigenvalue weighted by Crippen LogP contribution is -2.44. The molecule has 0 spiro atoms. The van der Waals surface area contributed by atoms with E-state index in [1.54, 1.807) is 0 Å². The van der Waals surface area contributed by atoms with Gasteiger partial charge in [0.2, 0.25) is 0 Å². The molecule has 198 valence electrons. The van der Waals surface area contributed by atoms with Crippen LogP contribution in [0.5, 0.6) is 0 Å². The van der Waals surface area contributed by atoms with E-state index >= 15 is 0 Å². The summed E-state index contributed by atoms with van der Waals surface area (Å²) in [5.74, 6) is -1.34. The topological polar surface area (TPSA) is 73.7 Å². The van der Waals surface area contributed by atoms with Gasteiger partial charge in [-0.2, -0.15) is 5.10 Å². The molecular weight excluding hydrogens is 490 g/mol. The molecule has 0 amide bonds. The van der Waals surface area contributed by atoms with E-state index < -0.39 is 11.9 Å². The Morgan fingerprint density at radius 2 is 1.51 bits per heavy atom. The summed E-state index contributed by atoms with van der Waals surface area (Å²) in [5.41, 5.74) is 5.99. The summed E-state index contributed by atoms with van der Waals surface area (Å²) in [6, 6.07) is 25.6. The second kappa shape index (κ2) is 10.3. The molecule has 7 nitrogen and oxygen atoms in total. The van der Waals surface area contributed by atoms with Crippen molar-refractivity contribution in [3.05, 3.63) is 107 Å². The monoisotopic (exact) mass is 521 g/mol. The average molecular weight is 522 g/mol. The Kier molecular flexibility index (Phi) is 6.83. The first-order valence-corrected chi connectivity index (χ1v) is 12.8. The Bertz CT molecular complexity index is 1570. The third-order valence-electron chi connectivity index (χ3n) is 7.09. The Hall–Kier alpha value is -4.65. The quantitative estimate of drug-likeness (QED) is 0.277. The number of para-hydroxylation sites is 1. The van der Waals surface area contributed by atoms with Crippen molar-refractivity contribution in [1.29, 1.82) is 0 Å². The predicted molar refractivity (Wildman–Crippen MR) is 152 cm³/mol. The lowest BCUT2D eigenvalue weighted by molar-refractivity contribution is 0.0549. The molecule has 3 aromatic carbocycles. The van der Waals surface area contributed by atoms with E-state index in [0.29, 0.717) is 16.9 Å². The summed E-state index contributed by atoms with van der Waals surface area (Å²) >= 11 is 0. The van der Waals surface area contributed by atoms with Gasteiger partial charge in [-0.15, -0.1) is 0 Å². The summed E-state index contributed by atoms with van der Waals surface area (Å²) in [7, 11) is 2.57. The number of aromatic nitrogens is 2. The Labute approximate surface area is 228 Å². The summed E-state index contributed by atoms with van der Waals surface area (Å²) in [6.45, 7) is 7.24. The van der Waals surface area contributed by atoms with Gasteiger partial charge in [0.1, 0.15) is 11.3 Å². The van der Waals surface area contributed by atoms with Crippen LogP contribution in [0.1, 0.15) is 52.7 Å². The number of ether oxygens (including phenoxy) is 2. The van der Waals surface area contributed by atoms with Crippen LogP contribution in [0.3, 0.4) is 0 Å². The molecule has 39 heavy (non-hydrogen) atoms. The van der Waals surface area contributed by atoms with Crippen LogP contribution in [0.4, 0.5) is 5.69 Å². The van der Waals surface area contributed by atoms with Gasteiger partial charge in [0.15, 0.2) is 5.69 Å². The predicted octanol–water partition coefficient (Wildman–Crippen LogP) is 6.31. The number of anilines is 1. The van der Waals surface area contributed by atoms with E-state index in [2.05, 4.69) is 49.9 Å². The zero-order valence-electron chi connectivity index (χ0n) is 22.8. The fraction of sp³-hybridized carbons (Fsp3) is 0.219. The van der Waals surface area contributed by atoms with Crippen LogP contribution in [-0.2, 0) is 16.0 Å². The third-order valence-corrected chi connectivity index (χ3v) is 7.09. The first-order valence-electron chi connectivity index (χ1n) is 12.8. The van der Waals surface area contributed by atoms with Gasteiger partial charge in [0, 0.05) is 23.4 Å². The Morgan fingerprint density at radius 1 is 0.872 bits per heavy atom. The van der Waals surface area contributed by atoms with E-state index in [0.717, 1.165) is 23.4 Å². The number of methoxy groups -OCH3 is 2. The van der Waals surface area contributed by atoms with Crippen LogP contribution >= 0.6 is 0 Å². The fourth-order valence-corrected chi connectivity index (χ4v) is 5.24. The molecule has 0 fully saturated rings. The van der Waals surface area contributed by atoms with Crippen molar-refractivity contribution in [2.75, 3.05) is 19.1 Å². The number of hydrogen-bond donors (Lipinski definition) is 0. The highest BCUT2D eigenvalue weighted by atomic mass is 16.5.